The van der Waals surface area contributed by atoms with Crippen molar-refractivity contribution in [3.63, 3.8) is 0 Å². The molecule has 12 heteroatoms. The Balaban J connectivity index is 0.000000501. The fraction of sp³-hybridized carbons (Fsp3) is 0.526. The van der Waals surface area contributed by atoms with Gasteiger partial charge in [-0.15, -0.1) is 0 Å². The summed E-state index contributed by atoms with van der Waals surface area (Å²) < 4.78 is 39.9. The van der Waals surface area contributed by atoms with E-state index in [4.69, 9.17) is 19.8 Å². The van der Waals surface area contributed by atoms with Gasteiger partial charge >= 0.3 is 11.9 Å². The van der Waals surface area contributed by atoms with Crippen LogP contribution in [0.25, 0.3) is 0 Å². The van der Waals surface area contributed by atoms with E-state index in [1.165, 1.54) is 16.4 Å². The van der Waals surface area contributed by atoms with E-state index in [0.29, 0.717) is 32.5 Å². The summed E-state index contributed by atoms with van der Waals surface area (Å²) in [5.74, 6) is -4.37. The quantitative estimate of drug-likeness (QED) is 0.610. The van der Waals surface area contributed by atoms with E-state index in [9.17, 15) is 17.6 Å². The fourth-order valence-electron chi connectivity index (χ4n) is 3.40. The summed E-state index contributed by atoms with van der Waals surface area (Å²) in [6.45, 7) is 3.66. The number of likely N-dealkylation sites (N-methyl/N-ethyl adjacent to an activating group) is 1. The van der Waals surface area contributed by atoms with Crippen LogP contribution in [0.3, 0.4) is 0 Å². The molecule has 0 spiro atoms. The van der Waals surface area contributed by atoms with Gasteiger partial charge in [0.15, 0.2) is 0 Å². The number of amides is 1. The number of carboxylic acid groups (broad SMARTS) is 2. The lowest BCUT2D eigenvalue weighted by Crippen LogP contribution is -2.52. The Morgan fingerprint density at radius 2 is 1.52 bits per heavy atom. The Labute approximate surface area is 179 Å². The summed E-state index contributed by atoms with van der Waals surface area (Å²) in [5, 5.41) is 14.8. The summed E-state index contributed by atoms with van der Waals surface area (Å²) in [5.41, 5.74) is 0. The first-order valence-electron chi connectivity index (χ1n) is 9.71. The topological polar surface area (TPSA) is 136 Å². The third kappa shape index (κ3) is 6.71. The number of hydrogen-bond donors (Lipinski definition) is 2. The zero-order chi connectivity index (χ0) is 23.2. The van der Waals surface area contributed by atoms with Gasteiger partial charge in [0, 0.05) is 39.3 Å². The van der Waals surface area contributed by atoms with Crippen molar-refractivity contribution in [1.29, 1.82) is 0 Å². The molecule has 1 aromatic carbocycles. The van der Waals surface area contributed by atoms with Gasteiger partial charge in [0.2, 0.25) is 15.9 Å². The number of rotatable bonds is 3. The predicted molar refractivity (Wildman–Crippen MR) is 107 cm³/mol. The largest absolute Gasteiger partial charge is 0.473 e. The number of carbonyl (C=O) groups excluding carboxylic acids is 1. The fourth-order valence-corrected chi connectivity index (χ4v) is 4.93. The SMILES string of the molecule is CN1CCN(C(=O)C2CCCN(S(=O)(=O)c3ccc(F)cc3)C2)CC1.O=C(O)C(=O)O. The normalized spacial score (nSPS) is 20.5. The number of carboxylic acids is 2. The minimum Gasteiger partial charge on any atom is -0.473 e. The average molecular weight is 459 g/mol. The summed E-state index contributed by atoms with van der Waals surface area (Å²) >= 11 is 0. The third-order valence-corrected chi connectivity index (χ3v) is 7.06. The standard InChI is InChI=1S/C17H24FN3O3S.C2H2O4/c1-19-9-11-20(12-10-19)17(22)14-3-2-8-21(13-14)25(23,24)16-6-4-15(18)5-7-16;3-1(4)2(5)6/h4-7,14H,2-3,8-13H2,1H3;(H,3,4)(H,5,6). The van der Waals surface area contributed by atoms with Crippen molar-refractivity contribution in [3.05, 3.63) is 30.1 Å². The molecule has 0 radical (unpaired) electrons. The second kappa shape index (κ2) is 10.6. The van der Waals surface area contributed by atoms with E-state index in [-0.39, 0.29) is 23.3 Å². The van der Waals surface area contributed by atoms with Crippen LogP contribution in [0.5, 0.6) is 0 Å². The molecule has 31 heavy (non-hydrogen) atoms. The maximum Gasteiger partial charge on any atom is 0.414 e. The Bertz CT molecular complexity index is 888. The highest BCUT2D eigenvalue weighted by Gasteiger charge is 2.35. The van der Waals surface area contributed by atoms with Gasteiger partial charge in [-0.05, 0) is 44.2 Å². The molecule has 2 fully saturated rings. The van der Waals surface area contributed by atoms with E-state index in [0.717, 1.165) is 25.2 Å². The molecule has 172 valence electrons. The summed E-state index contributed by atoms with van der Waals surface area (Å²) in [6, 6.07) is 4.83. The number of benzene rings is 1. The molecular formula is C19H26FN3O7S. The zero-order valence-corrected chi connectivity index (χ0v) is 17.9. The highest BCUT2D eigenvalue weighted by atomic mass is 32.2. The molecule has 0 bridgehead atoms. The van der Waals surface area contributed by atoms with Gasteiger partial charge in [0.05, 0.1) is 10.8 Å². The maximum absolute atomic E-state index is 13.1. The van der Waals surface area contributed by atoms with Crippen molar-refractivity contribution >= 4 is 27.9 Å². The van der Waals surface area contributed by atoms with Crippen LogP contribution in [0.4, 0.5) is 4.39 Å². The second-order valence-electron chi connectivity index (χ2n) is 7.39. The molecule has 2 heterocycles. The number of halogens is 1. The first kappa shape index (κ1) is 24.7. The summed E-state index contributed by atoms with van der Waals surface area (Å²) in [4.78, 5) is 35.0. The van der Waals surface area contributed by atoms with Crippen molar-refractivity contribution in [2.75, 3.05) is 46.3 Å². The molecule has 10 nitrogen and oxygen atoms in total. The molecule has 0 aliphatic carbocycles. The molecule has 1 amide bonds. The van der Waals surface area contributed by atoms with Gasteiger partial charge in [-0.3, -0.25) is 4.79 Å². The maximum atomic E-state index is 13.1. The van der Waals surface area contributed by atoms with Crippen LogP contribution in [0.2, 0.25) is 0 Å². The first-order valence-corrected chi connectivity index (χ1v) is 11.2. The molecule has 2 aliphatic heterocycles. The lowest BCUT2D eigenvalue weighted by atomic mass is 9.98. The summed E-state index contributed by atoms with van der Waals surface area (Å²) in [6.07, 6.45) is 1.37. The smallest absolute Gasteiger partial charge is 0.414 e. The highest BCUT2D eigenvalue weighted by molar-refractivity contribution is 7.89. The lowest BCUT2D eigenvalue weighted by molar-refractivity contribution is -0.159. The monoisotopic (exact) mass is 459 g/mol. The van der Waals surface area contributed by atoms with E-state index >= 15 is 0 Å². The van der Waals surface area contributed by atoms with Crippen molar-refractivity contribution in [3.8, 4) is 0 Å². The minimum absolute atomic E-state index is 0.0482. The van der Waals surface area contributed by atoms with Crippen LogP contribution in [0.1, 0.15) is 12.8 Å². The van der Waals surface area contributed by atoms with Gasteiger partial charge in [-0.1, -0.05) is 0 Å². The molecule has 3 rings (SSSR count). The molecule has 2 N–H and O–H groups in total. The van der Waals surface area contributed by atoms with E-state index in [1.54, 1.807) is 0 Å². The minimum atomic E-state index is -3.70. The first-order chi connectivity index (χ1) is 14.5. The van der Waals surface area contributed by atoms with Crippen LogP contribution in [0, 0.1) is 11.7 Å². The number of piperazine rings is 1. The van der Waals surface area contributed by atoms with Crippen molar-refractivity contribution in [1.82, 2.24) is 14.1 Å². The Morgan fingerprint density at radius 3 is 2.03 bits per heavy atom. The van der Waals surface area contributed by atoms with Crippen molar-refractivity contribution in [2.45, 2.75) is 17.7 Å². The molecule has 1 unspecified atom stereocenters. The van der Waals surface area contributed by atoms with Crippen molar-refractivity contribution in [2.24, 2.45) is 5.92 Å². The second-order valence-corrected chi connectivity index (χ2v) is 9.33. The zero-order valence-electron chi connectivity index (χ0n) is 17.1. The number of carbonyl (C=O) groups is 3. The van der Waals surface area contributed by atoms with E-state index in [2.05, 4.69) is 4.90 Å². The number of hydrogen-bond acceptors (Lipinski definition) is 6. The average Bonchev–Trinajstić information content (AvgIpc) is 2.74. The molecule has 0 saturated carbocycles. The van der Waals surface area contributed by atoms with Crippen LogP contribution >= 0.6 is 0 Å². The lowest BCUT2D eigenvalue weighted by Gasteiger charge is -2.37. The number of piperidine rings is 1. The highest BCUT2D eigenvalue weighted by Crippen LogP contribution is 2.25. The Kier molecular flexibility index (Phi) is 8.48. The van der Waals surface area contributed by atoms with Gasteiger partial charge in [0.25, 0.3) is 0 Å². The van der Waals surface area contributed by atoms with Crippen LogP contribution in [-0.2, 0) is 24.4 Å². The molecule has 2 saturated heterocycles. The van der Waals surface area contributed by atoms with Gasteiger partial charge in [-0.2, -0.15) is 4.31 Å². The van der Waals surface area contributed by atoms with Crippen LogP contribution < -0.4 is 0 Å². The van der Waals surface area contributed by atoms with E-state index in [1.807, 2.05) is 11.9 Å². The molecule has 0 aromatic heterocycles. The molecule has 2 aliphatic rings. The van der Waals surface area contributed by atoms with Crippen LogP contribution in [0.15, 0.2) is 29.2 Å². The molecule has 1 atom stereocenters. The Hall–Kier alpha value is -2.57. The van der Waals surface area contributed by atoms with Crippen molar-refractivity contribution < 1.29 is 37.4 Å². The van der Waals surface area contributed by atoms with E-state index < -0.39 is 27.8 Å². The van der Waals surface area contributed by atoms with Gasteiger partial charge in [-0.25, -0.2) is 22.4 Å². The molecule has 1 aromatic rings. The third-order valence-electron chi connectivity index (χ3n) is 5.18. The van der Waals surface area contributed by atoms with Gasteiger partial charge < -0.3 is 20.0 Å². The Morgan fingerprint density at radius 1 is 0.968 bits per heavy atom. The molecular weight excluding hydrogens is 433 g/mol. The summed E-state index contributed by atoms with van der Waals surface area (Å²) in [7, 11) is -1.67. The number of nitrogens with zero attached hydrogens (tertiary/aromatic N) is 3. The number of aliphatic carboxylic acids is 2. The number of sulfonamides is 1. The van der Waals surface area contributed by atoms with Gasteiger partial charge in [0.1, 0.15) is 5.82 Å². The predicted octanol–water partition coefficient (Wildman–Crippen LogP) is 0.156. The van der Waals surface area contributed by atoms with Crippen LogP contribution in [-0.4, -0.2) is 96.9 Å².